The minimum absolute atomic E-state index is 0.0625. The summed E-state index contributed by atoms with van der Waals surface area (Å²) >= 11 is 0. The Balaban J connectivity index is 2.85. The SMILES string of the molecule is CC(=O)NC1CC(C)(C)N([O])C1(C)C. The molecule has 4 heteroatoms. The molecule has 0 aromatic carbocycles. The number of hydrogen-bond donors (Lipinski definition) is 1. The van der Waals surface area contributed by atoms with Crippen molar-refractivity contribution in [3.05, 3.63) is 0 Å². The normalized spacial score (nSPS) is 30.3. The highest BCUT2D eigenvalue weighted by Gasteiger charge is 2.52. The predicted molar refractivity (Wildman–Crippen MR) is 52.9 cm³/mol. The highest BCUT2D eigenvalue weighted by Crippen LogP contribution is 2.39. The molecule has 81 valence electrons. The second kappa shape index (κ2) is 3.21. The van der Waals surface area contributed by atoms with E-state index < -0.39 is 11.1 Å². The summed E-state index contributed by atoms with van der Waals surface area (Å²) in [5.74, 6) is -0.0748. The van der Waals surface area contributed by atoms with E-state index in [-0.39, 0.29) is 11.9 Å². The molecule has 0 aliphatic carbocycles. The molecule has 0 aromatic heterocycles. The number of hydrogen-bond acceptors (Lipinski definition) is 2. The van der Waals surface area contributed by atoms with Crippen LogP contribution in [0.4, 0.5) is 0 Å². The summed E-state index contributed by atoms with van der Waals surface area (Å²) in [6.45, 7) is 9.04. The van der Waals surface area contributed by atoms with Crippen molar-refractivity contribution in [3.63, 3.8) is 0 Å². The molecular weight excluding hydrogens is 180 g/mol. The number of hydroxylamine groups is 2. The first-order valence-electron chi connectivity index (χ1n) is 4.92. The minimum atomic E-state index is -0.519. The zero-order valence-electron chi connectivity index (χ0n) is 9.55. The summed E-state index contributed by atoms with van der Waals surface area (Å²) in [5, 5.41) is 15.8. The van der Waals surface area contributed by atoms with Gasteiger partial charge in [0.2, 0.25) is 5.91 Å². The van der Waals surface area contributed by atoms with Gasteiger partial charge < -0.3 is 5.32 Å². The summed E-state index contributed by atoms with van der Waals surface area (Å²) in [6, 6.07) is -0.0625. The summed E-state index contributed by atoms with van der Waals surface area (Å²) < 4.78 is 0. The summed E-state index contributed by atoms with van der Waals surface area (Å²) in [7, 11) is 0. The van der Waals surface area contributed by atoms with Crippen molar-refractivity contribution in [2.24, 2.45) is 0 Å². The fourth-order valence-corrected chi connectivity index (χ4v) is 2.23. The Kier molecular flexibility index (Phi) is 2.63. The van der Waals surface area contributed by atoms with Gasteiger partial charge in [0.25, 0.3) is 0 Å². The molecule has 1 heterocycles. The van der Waals surface area contributed by atoms with Crippen LogP contribution < -0.4 is 5.32 Å². The maximum Gasteiger partial charge on any atom is 0.217 e. The predicted octanol–water partition coefficient (Wildman–Crippen LogP) is 1.10. The lowest BCUT2D eigenvalue weighted by Gasteiger charge is -2.33. The molecule has 0 saturated carbocycles. The van der Waals surface area contributed by atoms with Crippen molar-refractivity contribution in [2.75, 3.05) is 0 Å². The van der Waals surface area contributed by atoms with E-state index in [0.717, 1.165) is 5.06 Å². The van der Waals surface area contributed by atoms with Gasteiger partial charge in [-0.15, -0.1) is 10.3 Å². The van der Waals surface area contributed by atoms with E-state index in [1.54, 1.807) is 0 Å². The third-order valence-corrected chi connectivity index (χ3v) is 3.01. The van der Waals surface area contributed by atoms with Crippen molar-refractivity contribution in [1.82, 2.24) is 10.4 Å². The Morgan fingerprint density at radius 1 is 1.36 bits per heavy atom. The molecule has 1 fully saturated rings. The first-order valence-corrected chi connectivity index (χ1v) is 4.92. The van der Waals surface area contributed by atoms with Gasteiger partial charge in [-0.1, -0.05) is 0 Å². The molecule has 4 nitrogen and oxygen atoms in total. The standard InChI is InChI=1S/C10H19N2O2/c1-7(13)11-8-6-9(2,3)12(14)10(8,4)5/h8H,6H2,1-5H3,(H,11,13). The van der Waals surface area contributed by atoms with Crippen LogP contribution in [0, 0.1) is 0 Å². The molecule has 1 N–H and O–H groups in total. The number of nitrogens with one attached hydrogen (secondary N) is 1. The summed E-state index contributed by atoms with van der Waals surface area (Å²) in [4.78, 5) is 11.0. The molecule has 1 amide bonds. The van der Waals surface area contributed by atoms with Gasteiger partial charge in [0, 0.05) is 12.5 Å². The highest BCUT2D eigenvalue weighted by atomic mass is 16.5. The van der Waals surface area contributed by atoms with Crippen LogP contribution in [0.15, 0.2) is 0 Å². The third kappa shape index (κ3) is 1.77. The van der Waals surface area contributed by atoms with Crippen LogP contribution in [-0.4, -0.2) is 28.1 Å². The van der Waals surface area contributed by atoms with Crippen molar-refractivity contribution in [1.29, 1.82) is 0 Å². The number of carbonyl (C=O) groups excluding carboxylic acids is 1. The second-order valence-electron chi connectivity index (χ2n) is 5.22. The lowest BCUT2D eigenvalue weighted by atomic mass is 9.94. The van der Waals surface area contributed by atoms with Gasteiger partial charge in [-0.25, -0.2) is 0 Å². The molecule has 1 saturated heterocycles. The van der Waals surface area contributed by atoms with E-state index in [0.29, 0.717) is 6.42 Å². The first-order chi connectivity index (χ1) is 6.18. The van der Waals surface area contributed by atoms with Gasteiger partial charge in [-0.2, -0.15) is 0 Å². The van der Waals surface area contributed by atoms with E-state index in [1.807, 2.05) is 27.7 Å². The lowest BCUT2D eigenvalue weighted by molar-refractivity contribution is -0.246. The maximum absolute atomic E-state index is 11.9. The zero-order valence-corrected chi connectivity index (χ0v) is 9.55. The van der Waals surface area contributed by atoms with Crippen LogP contribution in [0.2, 0.25) is 0 Å². The monoisotopic (exact) mass is 199 g/mol. The summed E-state index contributed by atoms with van der Waals surface area (Å²) in [5.41, 5.74) is -0.911. The first kappa shape index (κ1) is 11.5. The van der Waals surface area contributed by atoms with Crippen LogP contribution in [-0.2, 0) is 10.0 Å². The molecule has 1 atom stereocenters. The molecule has 1 radical (unpaired) electrons. The number of nitrogens with zero attached hydrogens (tertiary/aromatic N) is 1. The molecular formula is C10H19N2O2. The molecule has 0 spiro atoms. The molecule has 1 rings (SSSR count). The smallest absolute Gasteiger partial charge is 0.217 e. The molecule has 0 bridgehead atoms. The summed E-state index contributed by atoms with van der Waals surface area (Å²) in [6.07, 6.45) is 0.698. The fourth-order valence-electron chi connectivity index (χ4n) is 2.23. The van der Waals surface area contributed by atoms with Gasteiger partial charge in [0.05, 0.1) is 11.6 Å². The van der Waals surface area contributed by atoms with E-state index in [4.69, 9.17) is 0 Å². The Hall–Kier alpha value is -0.610. The molecule has 14 heavy (non-hydrogen) atoms. The Morgan fingerprint density at radius 2 is 1.86 bits per heavy atom. The van der Waals surface area contributed by atoms with Crippen molar-refractivity contribution >= 4 is 5.91 Å². The van der Waals surface area contributed by atoms with Gasteiger partial charge in [-0.05, 0) is 34.1 Å². The van der Waals surface area contributed by atoms with Crippen LogP contribution in [0.5, 0.6) is 0 Å². The lowest BCUT2D eigenvalue weighted by Crippen LogP contribution is -2.52. The topological polar surface area (TPSA) is 52.2 Å². The van der Waals surface area contributed by atoms with E-state index in [2.05, 4.69) is 5.32 Å². The Morgan fingerprint density at radius 3 is 2.14 bits per heavy atom. The minimum Gasteiger partial charge on any atom is -0.352 e. The fraction of sp³-hybridized carbons (Fsp3) is 0.900. The number of rotatable bonds is 1. The zero-order chi connectivity index (χ0) is 11.1. The van der Waals surface area contributed by atoms with Crippen molar-refractivity contribution in [2.45, 2.75) is 58.2 Å². The molecule has 1 aliphatic rings. The molecule has 1 unspecified atom stereocenters. The van der Waals surface area contributed by atoms with E-state index in [9.17, 15) is 10.0 Å². The van der Waals surface area contributed by atoms with E-state index >= 15 is 0 Å². The average Bonchev–Trinajstić information content (AvgIpc) is 2.12. The van der Waals surface area contributed by atoms with Crippen LogP contribution >= 0.6 is 0 Å². The molecule has 0 aromatic rings. The van der Waals surface area contributed by atoms with Gasteiger partial charge in [0.1, 0.15) is 0 Å². The quantitative estimate of drug-likeness (QED) is 0.687. The maximum atomic E-state index is 11.9. The molecule has 1 aliphatic heterocycles. The Labute approximate surface area is 85.2 Å². The van der Waals surface area contributed by atoms with Crippen LogP contribution in [0.25, 0.3) is 0 Å². The van der Waals surface area contributed by atoms with E-state index in [1.165, 1.54) is 6.92 Å². The van der Waals surface area contributed by atoms with Gasteiger partial charge >= 0.3 is 0 Å². The number of amides is 1. The highest BCUT2D eigenvalue weighted by molar-refractivity contribution is 5.73. The second-order valence-corrected chi connectivity index (χ2v) is 5.22. The van der Waals surface area contributed by atoms with Crippen molar-refractivity contribution in [3.8, 4) is 0 Å². The number of carbonyl (C=O) groups is 1. The Bertz CT molecular complexity index is 249. The van der Waals surface area contributed by atoms with Gasteiger partial charge in [-0.3, -0.25) is 4.79 Å². The van der Waals surface area contributed by atoms with Crippen LogP contribution in [0.3, 0.4) is 0 Å². The average molecular weight is 199 g/mol. The van der Waals surface area contributed by atoms with Gasteiger partial charge in [0.15, 0.2) is 0 Å². The third-order valence-electron chi connectivity index (χ3n) is 3.01. The largest absolute Gasteiger partial charge is 0.352 e. The van der Waals surface area contributed by atoms with Crippen LogP contribution in [0.1, 0.15) is 41.0 Å². The van der Waals surface area contributed by atoms with Crippen molar-refractivity contribution < 1.29 is 10.0 Å².